The Kier molecular flexibility index (Phi) is 2.07. The van der Waals surface area contributed by atoms with Gasteiger partial charge in [-0.3, -0.25) is 0 Å². The Bertz CT molecular complexity index is 570. The highest BCUT2D eigenvalue weighted by Crippen LogP contribution is 2.29. The Balaban J connectivity index is 2.01. The number of nitrogens with zero attached hydrogens (tertiary/aromatic N) is 4. The molecule has 0 bridgehead atoms. The molecule has 0 unspecified atom stereocenters. The highest BCUT2D eigenvalue weighted by atomic mass is 35.5. The molecule has 3 rings (SSSR count). The second kappa shape index (κ2) is 3.45. The van der Waals surface area contributed by atoms with Gasteiger partial charge in [0.2, 0.25) is 0 Å². The minimum atomic E-state index is 0.426. The van der Waals surface area contributed by atoms with Gasteiger partial charge in [0, 0.05) is 5.92 Å². The fourth-order valence-electron chi connectivity index (χ4n) is 1.50. The SMILES string of the molecule is NC(=Nc1cn2nc(Cl)ccc2n1)C1CC1. The molecule has 0 atom stereocenters. The minimum Gasteiger partial charge on any atom is -0.387 e. The van der Waals surface area contributed by atoms with Crippen molar-refractivity contribution in [3.8, 4) is 0 Å². The molecule has 2 aromatic heterocycles. The number of nitrogens with two attached hydrogens (primary N) is 1. The fourth-order valence-corrected chi connectivity index (χ4v) is 1.65. The largest absolute Gasteiger partial charge is 0.387 e. The summed E-state index contributed by atoms with van der Waals surface area (Å²) in [5, 5.41) is 4.50. The lowest BCUT2D eigenvalue weighted by Gasteiger charge is -1.92. The molecule has 1 aliphatic rings. The number of amidine groups is 1. The van der Waals surface area contributed by atoms with Crippen LogP contribution in [0.2, 0.25) is 5.15 Å². The van der Waals surface area contributed by atoms with E-state index in [2.05, 4.69) is 15.1 Å². The monoisotopic (exact) mass is 235 g/mol. The Morgan fingerprint density at radius 3 is 3.06 bits per heavy atom. The predicted octanol–water partition coefficient (Wildman–Crippen LogP) is 1.78. The van der Waals surface area contributed by atoms with Crippen LogP contribution in [0.1, 0.15) is 12.8 Å². The van der Waals surface area contributed by atoms with E-state index < -0.39 is 0 Å². The van der Waals surface area contributed by atoms with E-state index in [0.717, 1.165) is 12.8 Å². The van der Waals surface area contributed by atoms with Gasteiger partial charge in [-0.15, -0.1) is 0 Å². The summed E-state index contributed by atoms with van der Waals surface area (Å²) >= 11 is 5.77. The van der Waals surface area contributed by atoms with Gasteiger partial charge in [0.1, 0.15) is 11.0 Å². The zero-order valence-electron chi connectivity index (χ0n) is 8.47. The highest BCUT2D eigenvalue weighted by Gasteiger charge is 2.25. The van der Waals surface area contributed by atoms with E-state index in [0.29, 0.717) is 28.4 Å². The maximum atomic E-state index is 5.82. The minimum absolute atomic E-state index is 0.426. The van der Waals surface area contributed by atoms with Gasteiger partial charge in [0.15, 0.2) is 11.5 Å². The van der Waals surface area contributed by atoms with Crippen LogP contribution < -0.4 is 5.73 Å². The van der Waals surface area contributed by atoms with Crippen molar-refractivity contribution in [2.45, 2.75) is 12.8 Å². The van der Waals surface area contributed by atoms with Crippen LogP contribution in [0.5, 0.6) is 0 Å². The van der Waals surface area contributed by atoms with E-state index in [9.17, 15) is 0 Å². The van der Waals surface area contributed by atoms with Crippen molar-refractivity contribution in [1.82, 2.24) is 14.6 Å². The number of hydrogen-bond acceptors (Lipinski definition) is 3. The lowest BCUT2D eigenvalue weighted by molar-refractivity contribution is 0.936. The summed E-state index contributed by atoms with van der Waals surface area (Å²) in [5.74, 6) is 1.69. The molecule has 0 amide bonds. The third kappa shape index (κ3) is 1.74. The molecule has 0 spiro atoms. The molecule has 82 valence electrons. The second-order valence-corrected chi connectivity index (χ2v) is 4.26. The predicted molar refractivity (Wildman–Crippen MR) is 62.0 cm³/mol. The maximum absolute atomic E-state index is 5.82. The van der Waals surface area contributed by atoms with Crippen molar-refractivity contribution in [2.24, 2.45) is 16.6 Å². The summed E-state index contributed by atoms with van der Waals surface area (Å²) in [7, 11) is 0. The van der Waals surface area contributed by atoms with Gasteiger partial charge in [0.05, 0.1) is 6.20 Å². The molecule has 2 aromatic rings. The topological polar surface area (TPSA) is 68.6 Å². The zero-order valence-corrected chi connectivity index (χ0v) is 9.22. The summed E-state index contributed by atoms with van der Waals surface area (Å²) in [6.07, 6.45) is 3.98. The van der Waals surface area contributed by atoms with Crippen molar-refractivity contribution in [2.75, 3.05) is 0 Å². The van der Waals surface area contributed by atoms with Gasteiger partial charge in [-0.25, -0.2) is 14.5 Å². The number of rotatable bonds is 2. The smallest absolute Gasteiger partial charge is 0.174 e. The molecule has 0 radical (unpaired) electrons. The number of hydrogen-bond donors (Lipinski definition) is 1. The summed E-state index contributed by atoms with van der Waals surface area (Å²) in [6.45, 7) is 0. The molecule has 1 fully saturated rings. The standard InChI is InChI=1S/C10H10ClN5/c11-7-3-4-9-13-8(5-16(9)15-7)14-10(12)6-1-2-6/h3-6H,1-2H2,(H2,12,14). The molecule has 0 aliphatic heterocycles. The average molecular weight is 236 g/mol. The molecule has 0 saturated heterocycles. The molecular formula is C10H10ClN5. The van der Waals surface area contributed by atoms with E-state index in [1.165, 1.54) is 0 Å². The van der Waals surface area contributed by atoms with E-state index in [-0.39, 0.29) is 0 Å². The fraction of sp³-hybridized carbons (Fsp3) is 0.300. The number of aliphatic imine (C=N–C) groups is 1. The zero-order chi connectivity index (χ0) is 11.1. The van der Waals surface area contributed by atoms with Crippen LogP contribution in [0.15, 0.2) is 23.3 Å². The molecule has 6 heteroatoms. The number of fused-ring (bicyclic) bond motifs is 1. The second-order valence-electron chi connectivity index (χ2n) is 3.87. The van der Waals surface area contributed by atoms with Crippen LogP contribution in [-0.4, -0.2) is 20.4 Å². The highest BCUT2D eigenvalue weighted by molar-refractivity contribution is 6.29. The lowest BCUT2D eigenvalue weighted by Crippen LogP contribution is -2.12. The van der Waals surface area contributed by atoms with Crippen LogP contribution >= 0.6 is 11.6 Å². The van der Waals surface area contributed by atoms with Gasteiger partial charge >= 0.3 is 0 Å². The van der Waals surface area contributed by atoms with Crippen LogP contribution in [0.4, 0.5) is 5.82 Å². The first kappa shape index (κ1) is 9.59. The van der Waals surface area contributed by atoms with Gasteiger partial charge in [-0.2, -0.15) is 5.10 Å². The van der Waals surface area contributed by atoms with E-state index in [1.807, 2.05) is 0 Å². The average Bonchev–Trinajstić information content (AvgIpc) is 3.00. The lowest BCUT2D eigenvalue weighted by atomic mass is 10.4. The van der Waals surface area contributed by atoms with Crippen LogP contribution in [-0.2, 0) is 0 Å². The number of halogens is 1. The summed E-state index contributed by atoms with van der Waals surface area (Å²) in [6, 6.07) is 3.49. The van der Waals surface area contributed by atoms with Crippen molar-refractivity contribution < 1.29 is 0 Å². The number of imidazole rings is 1. The summed E-state index contributed by atoms with van der Waals surface area (Å²) in [5.41, 5.74) is 6.53. The van der Waals surface area contributed by atoms with E-state index >= 15 is 0 Å². The first-order valence-electron chi connectivity index (χ1n) is 5.08. The molecular weight excluding hydrogens is 226 g/mol. The van der Waals surface area contributed by atoms with E-state index in [4.69, 9.17) is 17.3 Å². The van der Waals surface area contributed by atoms with E-state index in [1.54, 1.807) is 22.8 Å². The summed E-state index contributed by atoms with van der Waals surface area (Å²) in [4.78, 5) is 8.55. The normalized spacial score (nSPS) is 16.9. The third-order valence-electron chi connectivity index (χ3n) is 2.51. The Morgan fingerprint density at radius 1 is 1.50 bits per heavy atom. The molecule has 0 aromatic carbocycles. The van der Waals surface area contributed by atoms with Gasteiger partial charge in [-0.05, 0) is 25.0 Å². The van der Waals surface area contributed by atoms with Crippen LogP contribution in [0.25, 0.3) is 5.65 Å². The first-order valence-corrected chi connectivity index (χ1v) is 5.46. The molecule has 1 saturated carbocycles. The molecule has 5 nitrogen and oxygen atoms in total. The molecule has 1 aliphatic carbocycles. The first-order chi connectivity index (χ1) is 7.72. The van der Waals surface area contributed by atoms with Gasteiger partial charge in [0.25, 0.3) is 0 Å². The molecule has 2 heterocycles. The van der Waals surface area contributed by atoms with Crippen LogP contribution in [0, 0.1) is 5.92 Å². The van der Waals surface area contributed by atoms with Gasteiger partial charge < -0.3 is 5.73 Å². The van der Waals surface area contributed by atoms with Crippen molar-refractivity contribution in [1.29, 1.82) is 0 Å². The third-order valence-corrected chi connectivity index (χ3v) is 2.72. The van der Waals surface area contributed by atoms with Crippen molar-refractivity contribution >= 4 is 28.9 Å². The number of aromatic nitrogens is 3. The van der Waals surface area contributed by atoms with Crippen LogP contribution in [0.3, 0.4) is 0 Å². The molecule has 2 N–H and O–H groups in total. The quantitative estimate of drug-likeness (QED) is 0.637. The van der Waals surface area contributed by atoms with Crippen molar-refractivity contribution in [3.05, 3.63) is 23.5 Å². The van der Waals surface area contributed by atoms with Crippen molar-refractivity contribution in [3.63, 3.8) is 0 Å². The molecule has 16 heavy (non-hydrogen) atoms. The maximum Gasteiger partial charge on any atom is 0.174 e. The van der Waals surface area contributed by atoms with Gasteiger partial charge in [-0.1, -0.05) is 11.6 Å². The Labute approximate surface area is 96.9 Å². The summed E-state index contributed by atoms with van der Waals surface area (Å²) < 4.78 is 1.60. The Morgan fingerprint density at radius 2 is 2.31 bits per heavy atom. The Hall–Kier alpha value is -1.62.